The van der Waals surface area contributed by atoms with Gasteiger partial charge in [0.15, 0.2) is 10.6 Å². The molecule has 1 atom stereocenters. The molecule has 0 saturated heterocycles. The number of aromatic nitrogens is 2. The van der Waals surface area contributed by atoms with Gasteiger partial charge in [0.25, 0.3) is 0 Å². The minimum Gasteiger partial charge on any atom is -0.328 e. The third-order valence-electron chi connectivity index (χ3n) is 3.48. The molecule has 0 fully saturated rings. The third kappa shape index (κ3) is 2.35. The molecule has 0 aliphatic carbocycles. The number of aromatic amines is 1. The maximum absolute atomic E-state index is 13.8. The van der Waals surface area contributed by atoms with Gasteiger partial charge in [0.2, 0.25) is 0 Å². The summed E-state index contributed by atoms with van der Waals surface area (Å²) in [7, 11) is 0. The molecule has 3 aromatic rings. The molecule has 0 spiro atoms. The lowest BCUT2D eigenvalue weighted by Gasteiger charge is -2.15. The number of nitrogens with zero attached hydrogens (tertiary/aromatic N) is 1. The average Bonchev–Trinajstić information content (AvgIpc) is 2.75. The normalized spacial score (nSPS) is 12.8. The van der Waals surface area contributed by atoms with Crippen molar-refractivity contribution in [1.29, 1.82) is 0 Å². The first-order valence-corrected chi connectivity index (χ1v) is 6.73. The van der Waals surface area contributed by atoms with Crippen molar-refractivity contribution >= 4 is 23.3 Å². The van der Waals surface area contributed by atoms with Crippen LogP contribution in [0, 0.1) is 22.2 Å². The maximum Gasteiger partial charge on any atom is 0.178 e. The molecule has 0 aliphatic heterocycles. The highest BCUT2D eigenvalue weighted by Gasteiger charge is 2.16. The fraction of sp³-hybridized carbons (Fsp3) is 0.133. The molecule has 108 valence electrons. The van der Waals surface area contributed by atoms with Crippen molar-refractivity contribution in [3.63, 3.8) is 0 Å². The molecule has 0 aliphatic rings. The first-order chi connectivity index (χ1) is 9.97. The second-order valence-electron chi connectivity index (χ2n) is 4.81. The van der Waals surface area contributed by atoms with Gasteiger partial charge in [-0.1, -0.05) is 12.1 Å². The predicted octanol–water partition coefficient (Wildman–Crippen LogP) is 4.73. The van der Waals surface area contributed by atoms with E-state index in [1.54, 1.807) is 16.7 Å². The van der Waals surface area contributed by atoms with Gasteiger partial charge in [0, 0.05) is 6.07 Å². The van der Waals surface area contributed by atoms with Crippen LogP contribution in [0.1, 0.15) is 18.5 Å². The van der Waals surface area contributed by atoms with Crippen LogP contribution in [0.4, 0.5) is 13.2 Å². The molecule has 0 radical (unpaired) electrons. The molecule has 2 nitrogen and oxygen atoms in total. The molecule has 1 unspecified atom stereocenters. The Kier molecular flexibility index (Phi) is 3.33. The zero-order valence-electron chi connectivity index (χ0n) is 11.0. The van der Waals surface area contributed by atoms with Crippen LogP contribution in [0.2, 0.25) is 0 Å². The van der Waals surface area contributed by atoms with E-state index in [0.717, 1.165) is 11.6 Å². The molecular weight excluding hydrogens is 297 g/mol. The molecule has 0 saturated carbocycles. The number of hydrogen-bond donors (Lipinski definition) is 1. The van der Waals surface area contributed by atoms with Crippen molar-refractivity contribution < 1.29 is 13.2 Å². The summed E-state index contributed by atoms with van der Waals surface area (Å²) in [4.78, 5) is 2.75. The van der Waals surface area contributed by atoms with Gasteiger partial charge in [0.1, 0.15) is 17.2 Å². The Labute approximate surface area is 123 Å². The van der Waals surface area contributed by atoms with Crippen molar-refractivity contribution in [2.24, 2.45) is 0 Å². The van der Waals surface area contributed by atoms with Crippen molar-refractivity contribution in [3.05, 3.63) is 64.2 Å². The Morgan fingerprint density at radius 3 is 2.38 bits per heavy atom. The van der Waals surface area contributed by atoms with Gasteiger partial charge in [-0.2, -0.15) is 0 Å². The summed E-state index contributed by atoms with van der Waals surface area (Å²) in [6.07, 6.45) is 0. The SMILES string of the molecule is CC(c1ccc(F)cc1)n1c(=S)[nH]c2c(F)cc(F)cc21. The molecule has 6 heteroatoms. The highest BCUT2D eigenvalue weighted by Crippen LogP contribution is 2.26. The molecule has 3 rings (SSSR count). The number of hydrogen-bond acceptors (Lipinski definition) is 1. The summed E-state index contributed by atoms with van der Waals surface area (Å²) >= 11 is 5.20. The predicted molar refractivity (Wildman–Crippen MR) is 77.3 cm³/mol. The molecular formula is C15H11F3N2S. The Balaban J connectivity index is 2.22. The average molecular weight is 308 g/mol. The van der Waals surface area contributed by atoms with Crippen molar-refractivity contribution in [2.75, 3.05) is 0 Å². The fourth-order valence-corrected chi connectivity index (χ4v) is 2.78. The molecule has 1 N–H and O–H groups in total. The lowest BCUT2D eigenvalue weighted by Crippen LogP contribution is -2.07. The third-order valence-corrected chi connectivity index (χ3v) is 3.78. The van der Waals surface area contributed by atoms with Crippen LogP contribution in [0.3, 0.4) is 0 Å². The summed E-state index contributed by atoms with van der Waals surface area (Å²) in [5, 5.41) is 0. The first kappa shape index (κ1) is 13.9. The number of halogens is 3. The van der Waals surface area contributed by atoms with Gasteiger partial charge in [0.05, 0.1) is 11.6 Å². The van der Waals surface area contributed by atoms with E-state index in [4.69, 9.17) is 12.2 Å². The van der Waals surface area contributed by atoms with Crippen molar-refractivity contribution in [2.45, 2.75) is 13.0 Å². The van der Waals surface area contributed by atoms with E-state index in [9.17, 15) is 13.2 Å². The number of fused-ring (bicyclic) bond motifs is 1. The zero-order valence-corrected chi connectivity index (χ0v) is 11.8. The molecule has 0 bridgehead atoms. The van der Waals surface area contributed by atoms with Gasteiger partial charge in [-0.15, -0.1) is 0 Å². The van der Waals surface area contributed by atoms with E-state index < -0.39 is 11.6 Å². The molecule has 1 heterocycles. The lowest BCUT2D eigenvalue weighted by molar-refractivity contribution is 0.588. The van der Waals surface area contributed by atoms with E-state index >= 15 is 0 Å². The summed E-state index contributed by atoms with van der Waals surface area (Å²) in [5.74, 6) is -1.71. The van der Waals surface area contributed by atoms with Gasteiger partial charge < -0.3 is 9.55 Å². The Hall–Kier alpha value is -2.08. The van der Waals surface area contributed by atoms with Crippen LogP contribution in [0.15, 0.2) is 36.4 Å². The van der Waals surface area contributed by atoms with Crippen LogP contribution < -0.4 is 0 Å². The standard InChI is InChI=1S/C15H11F3N2S/c1-8(9-2-4-10(16)5-3-9)20-13-7-11(17)6-12(18)14(13)19-15(20)21/h2-8H,1H3,(H,19,21). The highest BCUT2D eigenvalue weighted by atomic mass is 32.1. The highest BCUT2D eigenvalue weighted by molar-refractivity contribution is 7.71. The minimum absolute atomic E-state index is 0.162. The number of rotatable bonds is 2. The smallest absolute Gasteiger partial charge is 0.178 e. The number of benzene rings is 2. The summed E-state index contributed by atoms with van der Waals surface area (Å²) < 4.78 is 42.1. The first-order valence-electron chi connectivity index (χ1n) is 6.32. The quantitative estimate of drug-likeness (QED) is 0.679. The zero-order chi connectivity index (χ0) is 15.1. The van der Waals surface area contributed by atoms with Crippen LogP contribution in [-0.2, 0) is 0 Å². The van der Waals surface area contributed by atoms with Gasteiger partial charge in [-0.3, -0.25) is 0 Å². The van der Waals surface area contributed by atoms with E-state index in [-0.39, 0.29) is 22.1 Å². The molecule has 0 amide bonds. The number of imidazole rings is 1. The largest absolute Gasteiger partial charge is 0.328 e. The molecule has 2 aromatic carbocycles. The minimum atomic E-state index is -0.693. The van der Waals surface area contributed by atoms with Gasteiger partial charge >= 0.3 is 0 Å². The van der Waals surface area contributed by atoms with Gasteiger partial charge in [-0.05, 0) is 42.9 Å². The Morgan fingerprint density at radius 1 is 1.05 bits per heavy atom. The monoisotopic (exact) mass is 308 g/mol. The Bertz CT molecular complexity index is 865. The second kappa shape index (κ2) is 5.04. The fourth-order valence-electron chi connectivity index (χ4n) is 2.43. The number of nitrogens with one attached hydrogen (secondary N) is 1. The van der Waals surface area contributed by atoms with Crippen molar-refractivity contribution in [3.8, 4) is 0 Å². The number of H-pyrrole nitrogens is 1. The van der Waals surface area contributed by atoms with Crippen LogP contribution in [0.5, 0.6) is 0 Å². The summed E-state index contributed by atoms with van der Waals surface area (Å²) in [5.41, 5.74) is 1.29. The summed E-state index contributed by atoms with van der Waals surface area (Å²) in [6.45, 7) is 1.83. The maximum atomic E-state index is 13.8. The van der Waals surface area contributed by atoms with Crippen molar-refractivity contribution in [1.82, 2.24) is 9.55 Å². The summed E-state index contributed by atoms with van der Waals surface area (Å²) in [6, 6.07) is 7.67. The Morgan fingerprint density at radius 2 is 1.71 bits per heavy atom. The topological polar surface area (TPSA) is 20.7 Å². The lowest BCUT2D eigenvalue weighted by atomic mass is 10.1. The molecule has 1 aromatic heterocycles. The molecule has 21 heavy (non-hydrogen) atoms. The van der Waals surface area contributed by atoms with E-state index in [1.165, 1.54) is 18.2 Å². The van der Waals surface area contributed by atoms with Crippen LogP contribution in [0.25, 0.3) is 11.0 Å². The van der Waals surface area contributed by atoms with E-state index in [2.05, 4.69) is 4.98 Å². The van der Waals surface area contributed by atoms with Crippen LogP contribution >= 0.6 is 12.2 Å². The van der Waals surface area contributed by atoms with Gasteiger partial charge in [-0.25, -0.2) is 13.2 Å². The second-order valence-corrected chi connectivity index (χ2v) is 5.20. The van der Waals surface area contributed by atoms with Crippen LogP contribution in [-0.4, -0.2) is 9.55 Å². The van der Waals surface area contributed by atoms with E-state index in [0.29, 0.717) is 5.52 Å². The van der Waals surface area contributed by atoms with E-state index in [1.807, 2.05) is 6.92 Å².